The minimum atomic E-state index is -5.94. The first-order valence-electron chi connectivity index (χ1n) is 9.04. The van der Waals surface area contributed by atoms with Crippen LogP contribution in [0.5, 0.6) is 0 Å². The number of carbonyl (C=O) groups excluding carboxylic acids is 1. The van der Waals surface area contributed by atoms with E-state index in [1.54, 1.807) is 18.7 Å². The molecule has 0 radical (unpaired) electrons. The molecule has 0 aliphatic heterocycles. The average Bonchev–Trinajstić information content (AvgIpc) is 2.64. The molecular formula is C18H24F6N2O2S. The number of urea groups is 1. The standard InChI is InChI=1S/C18H24F6N2O2S/c1-4-7-12-26(15(27)25(5-2)6-3)29-14-10-8-13(9-11-14)16(28,17(19,20)21)18(22,23)24/h8-11,28H,4-7,12H2,1-3H3. The first-order chi connectivity index (χ1) is 13.3. The van der Waals surface area contributed by atoms with Crippen LogP contribution in [0, 0.1) is 0 Å². The number of benzene rings is 1. The van der Waals surface area contributed by atoms with Gasteiger partial charge < -0.3 is 10.0 Å². The van der Waals surface area contributed by atoms with Gasteiger partial charge in [0.1, 0.15) is 0 Å². The zero-order valence-corrected chi connectivity index (χ0v) is 17.1. The molecule has 1 rings (SSSR count). The van der Waals surface area contributed by atoms with E-state index < -0.39 is 23.5 Å². The van der Waals surface area contributed by atoms with Crippen molar-refractivity contribution in [3.8, 4) is 0 Å². The Bertz CT molecular complexity index is 646. The van der Waals surface area contributed by atoms with Crippen LogP contribution in [0.15, 0.2) is 29.2 Å². The molecule has 0 bridgehead atoms. The third-order valence-corrected chi connectivity index (χ3v) is 5.31. The Labute approximate surface area is 170 Å². The number of alkyl halides is 6. The van der Waals surface area contributed by atoms with Gasteiger partial charge in [-0.15, -0.1) is 0 Å². The molecule has 4 nitrogen and oxygen atoms in total. The highest BCUT2D eigenvalue weighted by Gasteiger charge is 2.71. The van der Waals surface area contributed by atoms with Gasteiger partial charge in [0, 0.05) is 30.1 Å². The van der Waals surface area contributed by atoms with Gasteiger partial charge in [-0.3, -0.25) is 4.31 Å². The molecule has 0 aliphatic rings. The van der Waals surface area contributed by atoms with Gasteiger partial charge in [0.25, 0.3) is 5.60 Å². The molecule has 29 heavy (non-hydrogen) atoms. The van der Waals surface area contributed by atoms with Crippen molar-refractivity contribution in [2.45, 2.75) is 56.5 Å². The summed E-state index contributed by atoms with van der Waals surface area (Å²) in [4.78, 5) is 14.4. The van der Waals surface area contributed by atoms with Crippen molar-refractivity contribution in [2.75, 3.05) is 19.6 Å². The van der Waals surface area contributed by atoms with E-state index >= 15 is 0 Å². The van der Waals surface area contributed by atoms with Crippen LogP contribution < -0.4 is 0 Å². The largest absolute Gasteiger partial charge is 0.430 e. The van der Waals surface area contributed by atoms with Crippen LogP contribution in [-0.2, 0) is 5.60 Å². The zero-order valence-electron chi connectivity index (χ0n) is 16.3. The van der Waals surface area contributed by atoms with Crippen molar-refractivity contribution in [3.05, 3.63) is 29.8 Å². The predicted octanol–water partition coefficient (Wildman–Crippen LogP) is 5.57. The lowest BCUT2D eigenvalue weighted by molar-refractivity contribution is -0.376. The van der Waals surface area contributed by atoms with E-state index in [4.69, 9.17) is 0 Å². The van der Waals surface area contributed by atoms with Crippen molar-refractivity contribution in [1.82, 2.24) is 9.21 Å². The highest BCUT2D eigenvalue weighted by molar-refractivity contribution is 7.97. The predicted molar refractivity (Wildman–Crippen MR) is 98.2 cm³/mol. The lowest BCUT2D eigenvalue weighted by Gasteiger charge is -2.33. The molecule has 1 N–H and O–H groups in total. The molecule has 1 aromatic rings. The molecular weight excluding hydrogens is 422 g/mol. The van der Waals surface area contributed by atoms with Gasteiger partial charge >= 0.3 is 18.4 Å². The summed E-state index contributed by atoms with van der Waals surface area (Å²) in [5.41, 5.74) is -6.31. The maximum Gasteiger partial charge on any atom is 0.430 e. The first-order valence-corrected chi connectivity index (χ1v) is 9.81. The molecule has 0 aliphatic carbocycles. The molecule has 0 atom stereocenters. The fourth-order valence-corrected chi connectivity index (χ4v) is 3.43. The van der Waals surface area contributed by atoms with Crippen LogP contribution in [0.2, 0.25) is 0 Å². The SMILES string of the molecule is CCCCN(Sc1ccc(C(O)(C(F)(F)F)C(F)(F)F)cc1)C(=O)N(CC)CC. The van der Waals surface area contributed by atoms with Gasteiger partial charge in [0.2, 0.25) is 0 Å². The highest BCUT2D eigenvalue weighted by atomic mass is 32.2. The maximum atomic E-state index is 13.0. The lowest BCUT2D eigenvalue weighted by atomic mass is 9.92. The highest BCUT2D eigenvalue weighted by Crippen LogP contribution is 2.50. The molecule has 0 fully saturated rings. The fraction of sp³-hybridized carbons (Fsp3) is 0.611. The van der Waals surface area contributed by atoms with Crippen molar-refractivity contribution in [2.24, 2.45) is 0 Å². The first kappa shape index (κ1) is 25.4. The van der Waals surface area contributed by atoms with E-state index in [1.165, 1.54) is 4.31 Å². The Morgan fingerprint density at radius 1 is 0.966 bits per heavy atom. The third kappa shape index (κ3) is 5.71. The molecule has 1 aromatic carbocycles. The summed E-state index contributed by atoms with van der Waals surface area (Å²) in [7, 11) is 0. The van der Waals surface area contributed by atoms with Crippen molar-refractivity contribution >= 4 is 18.0 Å². The second-order valence-electron chi connectivity index (χ2n) is 6.23. The summed E-state index contributed by atoms with van der Waals surface area (Å²) in [5, 5.41) is 9.44. The second kappa shape index (κ2) is 9.92. The van der Waals surface area contributed by atoms with Gasteiger partial charge in [-0.1, -0.05) is 25.5 Å². The van der Waals surface area contributed by atoms with Gasteiger partial charge in [-0.05, 0) is 44.3 Å². The topological polar surface area (TPSA) is 43.8 Å². The van der Waals surface area contributed by atoms with Gasteiger partial charge in [-0.2, -0.15) is 26.3 Å². The molecule has 2 amide bonds. The van der Waals surface area contributed by atoms with Crippen molar-refractivity contribution in [1.29, 1.82) is 0 Å². The van der Waals surface area contributed by atoms with Crippen molar-refractivity contribution in [3.63, 3.8) is 0 Å². The van der Waals surface area contributed by atoms with E-state index in [0.29, 0.717) is 38.2 Å². The van der Waals surface area contributed by atoms with Gasteiger partial charge in [-0.25, -0.2) is 4.79 Å². The van der Waals surface area contributed by atoms with E-state index in [-0.39, 0.29) is 10.9 Å². The smallest absolute Gasteiger partial charge is 0.369 e. The van der Waals surface area contributed by atoms with Crippen LogP contribution in [0.25, 0.3) is 0 Å². The fourth-order valence-electron chi connectivity index (χ4n) is 2.51. The number of halogens is 6. The maximum absolute atomic E-state index is 13.0. The Balaban J connectivity index is 3.16. The number of hydrogen-bond acceptors (Lipinski definition) is 3. The van der Waals surface area contributed by atoms with Crippen LogP contribution in [0.4, 0.5) is 31.1 Å². The summed E-state index contributed by atoms with van der Waals surface area (Å²) in [6, 6.07) is 2.90. The number of hydrogen-bond donors (Lipinski definition) is 1. The van der Waals surface area contributed by atoms with Gasteiger partial charge in [0.05, 0.1) is 0 Å². The molecule has 11 heteroatoms. The van der Waals surface area contributed by atoms with Crippen LogP contribution in [-0.4, -0.2) is 52.3 Å². The average molecular weight is 446 g/mol. The Hall–Kier alpha value is -1.62. The van der Waals surface area contributed by atoms with E-state index in [0.717, 1.165) is 30.5 Å². The lowest BCUT2D eigenvalue weighted by Crippen LogP contribution is -2.53. The molecule has 0 heterocycles. The number of nitrogens with zero attached hydrogens (tertiary/aromatic N) is 2. The Kier molecular flexibility index (Phi) is 8.70. The van der Waals surface area contributed by atoms with Crippen molar-refractivity contribution < 1.29 is 36.2 Å². The third-order valence-electron chi connectivity index (χ3n) is 4.27. The van der Waals surface area contributed by atoms with Crippen LogP contribution in [0.3, 0.4) is 0 Å². The summed E-state index contributed by atoms with van der Waals surface area (Å²) in [5.74, 6) is 0. The Morgan fingerprint density at radius 3 is 1.83 bits per heavy atom. The summed E-state index contributed by atoms with van der Waals surface area (Å²) in [6.07, 6.45) is -10.4. The Morgan fingerprint density at radius 2 is 1.45 bits per heavy atom. The molecule has 0 aromatic heterocycles. The molecule has 0 saturated carbocycles. The molecule has 166 valence electrons. The summed E-state index contributed by atoms with van der Waals surface area (Å²) < 4.78 is 79.3. The number of aliphatic hydroxyl groups is 1. The quantitative estimate of drug-likeness (QED) is 0.419. The van der Waals surface area contributed by atoms with Gasteiger partial charge in [0.15, 0.2) is 0 Å². The normalized spacial score (nSPS) is 12.8. The summed E-state index contributed by atoms with van der Waals surface area (Å²) in [6.45, 7) is 6.81. The van der Waals surface area contributed by atoms with Crippen LogP contribution >= 0.6 is 11.9 Å². The minimum absolute atomic E-state index is 0.275. The van der Waals surface area contributed by atoms with E-state index in [1.807, 2.05) is 6.92 Å². The number of amides is 2. The number of unbranched alkanes of at least 4 members (excludes halogenated alkanes) is 1. The van der Waals surface area contributed by atoms with E-state index in [9.17, 15) is 36.2 Å². The molecule has 0 unspecified atom stereocenters. The summed E-state index contributed by atoms with van der Waals surface area (Å²) >= 11 is 0.928. The molecule has 0 saturated heterocycles. The second-order valence-corrected chi connectivity index (χ2v) is 7.33. The number of rotatable bonds is 8. The van der Waals surface area contributed by atoms with E-state index in [2.05, 4.69) is 0 Å². The number of carbonyl (C=O) groups is 1. The molecule has 0 spiro atoms. The minimum Gasteiger partial charge on any atom is -0.369 e. The zero-order chi connectivity index (χ0) is 22.5. The monoisotopic (exact) mass is 446 g/mol. The van der Waals surface area contributed by atoms with Crippen LogP contribution in [0.1, 0.15) is 39.2 Å².